The summed E-state index contributed by atoms with van der Waals surface area (Å²) in [6, 6.07) is 5.09. The molecule has 6 nitrogen and oxygen atoms in total. The van der Waals surface area contributed by atoms with E-state index in [-0.39, 0.29) is 11.6 Å². The van der Waals surface area contributed by atoms with Gasteiger partial charge in [-0.1, -0.05) is 13.3 Å². The molecule has 0 aliphatic carbocycles. The van der Waals surface area contributed by atoms with E-state index in [1.165, 1.54) is 19.2 Å². The summed E-state index contributed by atoms with van der Waals surface area (Å²) in [4.78, 5) is 24.7. The lowest BCUT2D eigenvalue weighted by molar-refractivity contribution is 0.101. The summed E-state index contributed by atoms with van der Waals surface area (Å²) in [5.41, 5.74) is 2.47. The van der Waals surface area contributed by atoms with Crippen LogP contribution in [0.4, 0.5) is 21.7 Å². The van der Waals surface area contributed by atoms with E-state index in [0.29, 0.717) is 29.3 Å². The number of carbonyl (C=O) groups excluding carboxylic acids is 1. The maximum atomic E-state index is 14.6. The van der Waals surface area contributed by atoms with Gasteiger partial charge in [0, 0.05) is 38.1 Å². The Morgan fingerprint density at radius 1 is 1.26 bits per heavy atom. The maximum Gasteiger partial charge on any atom is 0.227 e. The molecule has 0 atom stereocenters. The standard InChI is InChI=1S/C20H26FN5O/c1-4-5-18-16(14(2)27)13-22-20(24-18)23-15-6-7-19(17(21)12-15)26-10-8-25(3)9-11-26/h6-7,12-13H,4-5,8-11H2,1-3H3,(H,22,23,24). The van der Waals surface area contributed by atoms with E-state index in [0.717, 1.165) is 38.3 Å². The highest BCUT2D eigenvalue weighted by Gasteiger charge is 2.18. The van der Waals surface area contributed by atoms with Crippen LogP contribution in [0.2, 0.25) is 0 Å². The number of nitrogens with one attached hydrogen (secondary N) is 1. The summed E-state index contributed by atoms with van der Waals surface area (Å²) < 4.78 is 14.6. The summed E-state index contributed by atoms with van der Waals surface area (Å²) in [5.74, 6) is 0.0569. The minimum Gasteiger partial charge on any atom is -0.367 e. The average molecular weight is 371 g/mol. The zero-order valence-electron chi connectivity index (χ0n) is 16.1. The number of carbonyl (C=O) groups is 1. The number of nitrogens with zero attached hydrogens (tertiary/aromatic N) is 4. The first-order valence-corrected chi connectivity index (χ1v) is 9.35. The van der Waals surface area contributed by atoms with Gasteiger partial charge in [0.05, 0.1) is 16.9 Å². The normalized spacial score (nSPS) is 15.0. The van der Waals surface area contributed by atoms with Gasteiger partial charge in [0.25, 0.3) is 0 Å². The van der Waals surface area contributed by atoms with Gasteiger partial charge in [0.15, 0.2) is 5.78 Å². The van der Waals surface area contributed by atoms with E-state index in [1.54, 1.807) is 6.07 Å². The van der Waals surface area contributed by atoms with Crippen molar-refractivity contribution < 1.29 is 9.18 Å². The molecule has 0 amide bonds. The fourth-order valence-electron chi connectivity index (χ4n) is 3.22. The van der Waals surface area contributed by atoms with Crippen LogP contribution in [0, 0.1) is 5.82 Å². The van der Waals surface area contributed by atoms with E-state index >= 15 is 0 Å². The Labute approximate surface area is 159 Å². The van der Waals surface area contributed by atoms with Crippen molar-refractivity contribution in [3.05, 3.63) is 41.5 Å². The molecule has 1 saturated heterocycles. The molecule has 0 unspecified atom stereocenters. The topological polar surface area (TPSA) is 61.4 Å². The van der Waals surface area contributed by atoms with Crippen molar-refractivity contribution in [1.29, 1.82) is 0 Å². The first-order chi connectivity index (χ1) is 13.0. The van der Waals surface area contributed by atoms with Crippen LogP contribution in [-0.4, -0.2) is 53.9 Å². The Kier molecular flexibility index (Phi) is 6.01. The number of likely N-dealkylation sites (N-methyl/N-ethyl adjacent to an activating group) is 1. The molecule has 27 heavy (non-hydrogen) atoms. The van der Waals surface area contributed by atoms with Gasteiger partial charge in [0.2, 0.25) is 5.95 Å². The summed E-state index contributed by atoms with van der Waals surface area (Å²) >= 11 is 0. The smallest absolute Gasteiger partial charge is 0.227 e. The third-order valence-corrected chi connectivity index (χ3v) is 4.78. The zero-order chi connectivity index (χ0) is 19.4. The molecule has 1 aromatic heterocycles. The zero-order valence-corrected chi connectivity index (χ0v) is 16.1. The molecule has 1 fully saturated rings. The number of piperazine rings is 1. The van der Waals surface area contributed by atoms with Gasteiger partial charge in [-0.15, -0.1) is 0 Å². The lowest BCUT2D eigenvalue weighted by Crippen LogP contribution is -2.44. The van der Waals surface area contributed by atoms with Crippen LogP contribution in [0.3, 0.4) is 0 Å². The Bertz CT molecular complexity index is 818. The molecule has 0 bridgehead atoms. The van der Waals surface area contributed by atoms with Crippen LogP contribution in [0.15, 0.2) is 24.4 Å². The van der Waals surface area contributed by atoms with Gasteiger partial charge in [-0.25, -0.2) is 14.4 Å². The Balaban J connectivity index is 1.77. The molecule has 0 radical (unpaired) electrons. The van der Waals surface area contributed by atoms with Crippen LogP contribution in [-0.2, 0) is 6.42 Å². The van der Waals surface area contributed by atoms with Crippen molar-refractivity contribution in [2.45, 2.75) is 26.7 Å². The number of anilines is 3. The number of halogens is 1. The highest BCUT2D eigenvalue weighted by molar-refractivity contribution is 5.95. The third kappa shape index (κ3) is 4.60. The molecule has 1 aromatic carbocycles. The van der Waals surface area contributed by atoms with Crippen LogP contribution in [0.5, 0.6) is 0 Å². The molecule has 7 heteroatoms. The maximum absolute atomic E-state index is 14.6. The van der Waals surface area contributed by atoms with Crippen molar-refractivity contribution in [2.75, 3.05) is 43.4 Å². The summed E-state index contributed by atoms with van der Waals surface area (Å²) in [6.45, 7) is 7.03. The molecule has 3 rings (SSSR count). The van der Waals surface area contributed by atoms with Crippen LogP contribution < -0.4 is 10.2 Å². The van der Waals surface area contributed by atoms with Gasteiger partial charge < -0.3 is 15.1 Å². The summed E-state index contributed by atoms with van der Waals surface area (Å²) in [7, 11) is 2.07. The van der Waals surface area contributed by atoms with Gasteiger partial charge >= 0.3 is 0 Å². The number of hydrogen-bond donors (Lipinski definition) is 1. The van der Waals surface area contributed by atoms with E-state index in [9.17, 15) is 9.18 Å². The second-order valence-corrected chi connectivity index (χ2v) is 6.94. The van der Waals surface area contributed by atoms with Gasteiger partial charge in [-0.3, -0.25) is 4.79 Å². The van der Waals surface area contributed by atoms with Crippen LogP contribution in [0.1, 0.15) is 36.3 Å². The monoisotopic (exact) mass is 371 g/mol. The molecule has 1 aliphatic rings. The van der Waals surface area contributed by atoms with Gasteiger partial charge in [-0.2, -0.15) is 0 Å². The van der Waals surface area contributed by atoms with Crippen molar-refractivity contribution in [3.8, 4) is 0 Å². The molecular weight excluding hydrogens is 345 g/mol. The highest BCUT2D eigenvalue weighted by atomic mass is 19.1. The highest BCUT2D eigenvalue weighted by Crippen LogP contribution is 2.25. The number of hydrogen-bond acceptors (Lipinski definition) is 6. The predicted molar refractivity (Wildman–Crippen MR) is 105 cm³/mol. The lowest BCUT2D eigenvalue weighted by Gasteiger charge is -2.34. The summed E-state index contributed by atoms with van der Waals surface area (Å²) in [5, 5.41) is 3.05. The quantitative estimate of drug-likeness (QED) is 0.787. The number of aryl methyl sites for hydroxylation is 1. The fraction of sp³-hybridized carbons (Fsp3) is 0.450. The van der Waals surface area contributed by atoms with Crippen LogP contribution in [0.25, 0.3) is 0 Å². The molecule has 144 valence electrons. The van der Waals surface area contributed by atoms with E-state index in [2.05, 4.69) is 32.1 Å². The molecule has 1 aliphatic heterocycles. The van der Waals surface area contributed by atoms with Crippen molar-refractivity contribution in [1.82, 2.24) is 14.9 Å². The van der Waals surface area contributed by atoms with E-state index in [4.69, 9.17) is 0 Å². The molecule has 2 heterocycles. The molecule has 0 saturated carbocycles. The first-order valence-electron chi connectivity index (χ1n) is 9.35. The predicted octanol–water partition coefficient (Wildman–Crippen LogP) is 3.27. The van der Waals surface area contributed by atoms with E-state index in [1.807, 2.05) is 13.0 Å². The minimum atomic E-state index is -0.265. The first kappa shape index (κ1) is 19.2. The second-order valence-electron chi connectivity index (χ2n) is 6.94. The lowest BCUT2D eigenvalue weighted by atomic mass is 10.1. The van der Waals surface area contributed by atoms with Crippen molar-refractivity contribution >= 4 is 23.1 Å². The number of aromatic nitrogens is 2. The fourth-order valence-corrected chi connectivity index (χ4v) is 3.22. The molecule has 1 N–H and O–H groups in total. The Morgan fingerprint density at radius 2 is 2.00 bits per heavy atom. The van der Waals surface area contributed by atoms with E-state index < -0.39 is 0 Å². The number of benzene rings is 1. The number of ketones is 1. The van der Waals surface area contributed by atoms with Crippen molar-refractivity contribution in [3.63, 3.8) is 0 Å². The number of Topliss-reactive ketones (excluding diaryl/α,β-unsaturated/α-hetero) is 1. The second kappa shape index (κ2) is 8.43. The summed E-state index contributed by atoms with van der Waals surface area (Å²) in [6.07, 6.45) is 3.12. The largest absolute Gasteiger partial charge is 0.367 e. The molecule has 2 aromatic rings. The van der Waals surface area contributed by atoms with Gasteiger partial charge in [-0.05, 0) is 38.6 Å². The Hall–Kier alpha value is -2.54. The van der Waals surface area contributed by atoms with Crippen molar-refractivity contribution in [2.24, 2.45) is 0 Å². The number of rotatable bonds is 6. The average Bonchev–Trinajstić information content (AvgIpc) is 2.63. The minimum absolute atomic E-state index is 0.0485. The van der Waals surface area contributed by atoms with Crippen LogP contribution >= 0.6 is 0 Å². The third-order valence-electron chi connectivity index (χ3n) is 4.78. The Morgan fingerprint density at radius 3 is 2.63 bits per heavy atom. The molecular formula is C20H26FN5O. The van der Waals surface area contributed by atoms with Gasteiger partial charge in [0.1, 0.15) is 5.82 Å². The SMILES string of the molecule is CCCc1nc(Nc2ccc(N3CCN(C)CC3)c(F)c2)ncc1C(C)=O. The molecule has 0 spiro atoms.